The van der Waals surface area contributed by atoms with Gasteiger partial charge in [0.25, 0.3) is 5.91 Å². The third-order valence-corrected chi connectivity index (χ3v) is 3.64. The summed E-state index contributed by atoms with van der Waals surface area (Å²) in [5.74, 6) is -0.811. The Morgan fingerprint density at radius 3 is 2.77 bits per heavy atom. The highest BCUT2D eigenvalue weighted by molar-refractivity contribution is 7.85. The number of hydrogen-bond acceptors (Lipinski definition) is 8. The van der Waals surface area contributed by atoms with E-state index >= 15 is 0 Å². The van der Waals surface area contributed by atoms with Crippen molar-refractivity contribution in [3.63, 3.8) is 0 Å². The Hall–Kier alpha value is -3.25. The summed E-state index contributed by atoms with van der Waals surface area (Å²) in [6.07, 6.45) is 1.00. The summed E-state index contributed by atoms with van der Waals surface area (Å²) in [7, 11) is -4.47. The number of rotatable bonds is 7. The molecule has 0 atom stereocenters. The molecule has 0 radical (unpaired) electrons. The number of hydrazone groups is 1. The van der Waals surface area contributed by atoms with Crippen LogP contribution in [0.1, 0.15) is 11.3 Å². The van der Waals surface area contributed by atoms with Crippen LogP contribution in [0.2, 0.25) is 0 Å². The van der Waals surface area contributed by atoms with Gasteiger partial charge in [0.1, 0.15) is 5.76 Å². The van der Waals surface area contributed by atoms with Crippen molar-refractivity contribution >= 4 is 27.9 Å². The topological polar surface area (TPSA) is 161 Å². The quantitative estimate of drug-likeness (QED) is 0.313. The number of ether oxygens (including phenoxy) is 1. The second-order valence-electron chi connectivity index (χ2n) is 4.94. The third kappa shape index (κ3) is 5.12. The van der Waals surface area contributed by atoms with Gasteiger partial charge in [-0.1, -0.05) is 6.07 Å². The summed E-state index contributed by atoms with van der Waals surface area (Å²) in [5, 5.41) is 13.8. The number of nitrogens with one attached hydrogen (secondary N) is 1. The summed E-state index contributed by atoms with van der Waals surface area (Å²) < 4.78 is 40.3. The molecule has 0 aliphatic heterocycles. The van der Waals surface area contributed by atoms with Crippen molar-refractivity contribution in [1.82, 2.24) is 5.43 Å². The van der Waals surface area contributed by atoms with Crippen LogP contribution in [0, 0.1) is 17.0 Å². The normalized spacial score (nSPS) is 11.5. The smallest absolute Gasteiger partial charge is 0.328 e. The maximum absolute atomic E-state index is 11.6. The van der Waals surface area contributed by atoms with Crippen LogP contribution in [-0.4, -0.2) is 36.6 Å². The molecule has 1 amide bonds. The Bertz CT molecular complexity index is 964. The molecule has 1 aromatic carbocycles. The molecule has 2 rings (SSSR count). The molecule has 0 unspecified atom stereocenters. The fraction of sp³-hybridized carbons (Fsp3) is 0.143. The summed E-state index contributed by atoms with van der Waals surface area (Å²) in [4.78, 5) is 22.0. The van der Waals surface area contributed by atoms with Crippen LogP contribution in [-0.2, 0) is 14.9 Å². The Morgan fingerprint density at radius 1 is 1.42 bits per heavy atom. The Labute approximate surface area is 147 Å². The number of carbonyl (C=O) groups is 1. The molecule has 26 heavy (non-hydrogen) atoms. The van der Waals surface area contributed by atoms with Gasteiger partial charge in [-0.2, -0.15) is 13.5 Å². The molecule has 2 aromatic rings. The number of benzene rings is 1. The predicted octanol–water partition coefficient (Wildman–Crippen LogP) is 1.27. The van der Waals surface area contributed by atoms with Gasteiger partial charge in [-0.15, -0.1) is 0 Å². The maximum Gasteiger partial charge on any atom is 0.328 e. The minimum absolute atomic E-state index is 0.0342. The molecule has 0 aliphatic rings. The van der Waals surface area contributed by atoms with Crippen molar-refractivity contribution in [2.75, 3.05) is 6.61 Å². The minimum atomic E-state index is -4.47. The second kappa shape index (κ2) is 7.76. The molecular weight excluding hydrogens is 370 g/mol. The van der Waals surface area contributed by atoms with Gasteiger partial charge in [-0.25, -0.2) is 5.43 Å². The molecule has 12 heteroatoms. The summed E-state index contributed by atoms with van der Waals surface area (Å²) in [5.41, 5.74) is 2.47. The van der Waals surface area contributed by atoms with Crippen molar-refractivity contribution in [1.29, 1.82) is 0 Å². The number of hydrogen-bond donors (Lipinski definition) is 2. The zero-order chi connectivity index (χ0) is 19.3. The molecule has 2 N–H and O–H groups in total. The van der Waals surface area contributed by atoms with Crippen LogP contribution in [0.3, 0.4) is 0 Å². The summed E-state index contributed by atoms with van der Waals surface area (Å²) >= 11 is 0. The van der Waals surface area contributed by atoms with Crippen LogP contribution in [0.4, 0.5) is 5.69 Å². The molecule has 0 aliphatic carbocycles. The van der Waals surface area contributed by atoms with E-state index in [0.29, 0.717) is 5.56 Å². The first-order valence-corrected chi connectivity index (χ1v) is 8.38. The lowest BCUT2D eigenvalue weighted by Crippen LogP contribution is -2.24. The first kappa shape index (κ1) is 19.1. The fourth-order valence-corrected chi connectivity index (χ4v) is 2.22. The van der Waals surface area contributed by atoms with Crippen molar-refractivity contribution in [2.24, 2.45) is 5.10 Å². The number of amides is 1. The average molecular weight is 383 g/mol. The van der Waals surface area contributed by atoms with Crippen molar-refractivity contribution < 1.29 is 31.8 Å². The molecule has 138 valence electrons. The summed E-state index contributed by atoms with van der Waals surface area (Å²) in [6.45, 7) is 1.15. The lowest BCUT2D eigenvalue weighted by molar-refractivity contribution is -0.385. The molecular formula is C14H13N3O8S. The molecule has 1 aromatic heterocycles. The molecule has 0 fully saturated rings. The van der Waals surface area contributed by atoms with Crippen molar-refractivity contribution in [2.45, 2.75) is 12.0 Å². The highest BCUT2D eigenvalue weighted by Gasteiger charge is 2.16. The van der Waals surface area contributed by atoms with Crippen molar-refractivity contribution in [3.8, 4) is 5.75 Å². The number of carbonyl (C=O) groups excluding carboxylic acids is 1. The van der Waals surface area contributed by atoms with E-state index in [1.807, 2.05) is 0 Å². The van der Waals surface area contributed by atoms with Crippen LogP contribution in [0.5, 0.6) is 5.75 Å². The number of nitro groups is 1. The van der Waals surface area contributed by atoms with E-state index in [1.54, 1.807) is 13.0 Å². The molecule has 1 heterocycles. The number of furan rings is 1. The van der Waals surface area contributed by atoms with E-state index in [4.69, 9.17) is 13.7 Å². The maximum atomic E-state index is 11.6. The number of nitro benzene ring substituents is 1. The fourth-order valence-electron chi connectivity index (χ4n) is 1.78. The Kier molecular flexibility index (Phi) is 5.69. The van der Waals surface area contributed by atoms with E-state index in [9.17, 15) is 23.3 Å². The predicted molar refractivity (Wildman–Crippen MR) is 87.6 cm³/mol. The van der Waals surface area contributed by atoms with Crippen LogP contribution < -0.4 is 10.2 Å². The van der Waals surface area contributed by atoms with E-state index in [0.717, 1.165) is 12.3 Å². The van der Waals surface area contributed by atoms with Gasteiger partial charge in [-0.05, 0) is 30.7 Å². The molecule has 0 spiro atoms. The van der Waals surface area contributed by atoms with E-state index in [-0.39, 0.29) is 17.2 Å². The molecule has 11 nitrogen and oxygen atoms in total. The van der Waals surface area contributed by atoms with Gasteiger partial charge < -0.3 is 9.15 Å². The van der Waals surface area contributed by atoms with Crippen molar-refractivity contribution in [3.05, 3.63) is 51.8 Å². The van der Waals surface area contributed by atoms with Gasteiger partial charge in [0.15, 0.2) is 12.4 Å². The van der Waals surface area contributed by atoms with Crippen LogP contribution in [0.25, 0.3) is 0 Å². The van der Waals surface area contributed by atoms with Gasteiger partial charge in [0.2, 0.25) is 5.09 Å². The van der Waals surface area contributed by atoms with E-state index < -0.39 is 32.6 Å². The van der Waals surface area contributed by atoms with Gasteiger partial charge in [-0.3, -0.25) is 19.5 Å². The van der Waals surface area contributed by atoms with Gasteiger partial charge in [0.05, 0.1) is 11.1 Å². The number of aryl methyl sites for hydroxylation is 1. The standard InChI is InChI=1S/C14H13N3O8S/c1-9-2-4-12(11(6-9)17(19)20)24-8-13(18)16-15-7-10-3-5-14(25-10)26(21,22)23/h2-7H,8H2,1H3,(H,16,18)(H,21,22,23). The highest BCUT2D eigenvalue weighted by Crippen LogP contribution is 2.27. The van der Waals surface area contributed by atoms with Crippen LogP contribution in [0.15, 0.2) is 44.9 Å². The average Bonchev–Trinajstić information content (AvgIpc) is 3.02. The first-order valence-electron chi connectivity index (χ1n) is 6.94. The van der Waals surface area contributed by atoms with E-state index in [1.165, 1.54) is 18.2 Å². The Balaban J connectivity index is 1.92. The highest BCUT2D eigenvalue weighted by atomic mass is 32.2. The second-order valence-corrected chi connectivity index (χ2v) is 6.29. The molecule has 0 saturated heterocycles. The minimum Gasteiger partial charge on any atom is -0.477 e. The summed E-state index contributed by atoms with van der Waals surface area (Å²) in [6, 6.07) is 6.52. The van der Waals surface area contributed by atoms with Gasteiger partial charge >= 0.3 is 15.8 Å². The zero-order valence-electron chi connectivity index (χ0n) is 13.3. The molecule has 0 bridgehead atoms. The van der Waals surface area contributed by atoms with Gasteiger partial charge in [0, 0.05) is 6.07 Å². The third-order valence-electron chi connectivity index (χ3n) is 2.91. The Morgan fingerprint density at radius 2 is 2.15 bits per heavy atom. The molecule has 0 saturated carbocycles. The lowest BCUT2D eigenvalue weighted by Gasteiger charge is -2.06. The monoisotopic (exact) mass is 383 g/mol. The number of nitrogens with zero attached hydrogens (tertiary/aromatic N) is 2. The SMILES string of the molecule is Cc1ccc(OCC(=O)NN=Cc2ccc(S(=O)(=O)O)o2)c([N+](=O)[O-])c1. The van der Waals surface area contributed by atoms with E-state index in [2.05, 4.69) is 10.5 Å². The van der Waals surface area contributed by atoms with Crippen LogP contribution >= 0.6 is 0 Å². The largest absolute Gasteiger partial charge is 0.477 e. The first-order chi connectivity index (χ1) is 12.2. The zero-order valence-corrected chi connectivity index (χ0v) is 14.1. The lowest BCUT2D eigenvalue weighted by atomic mass is 10.2.